The van der Waals surface area contributed by atoms with Crippen LogP contribution in [0.1, 0.15) is 18.5 Å². The molecule has 6 heteroatoms. The lowest BCUT2D eigenvalue weighted by molar-refractivity contribution is 0.0965. The molecule has 130 valence electrons. The minimum atomic E-state index is -0.0599. The van der Waals surface area contributed by atoms with Crippen LogP contribution in [0.5, 0.6) is 5.75 Å². The van der Waals surface area contributed by atoms with E-state index < -0.39 is 0 Å². The summed E-state index contributed by atoms with van der Waals surface area (Å²) < 4.78 is 7.92. The Morgan fingerprint density at radius 2 is 2.08 bits per heavy atom. The standard InChI is InChI=1S/C19H22N4O2/c1-22-14(11-20-12-19(22)24)13-23-9-6-15(7-10-23)25-18-4-2-3-17-16(18)5-8-21-17/h2-5,8,11-12,15,21H,6-7,9-10,13H2,1H3. The first kappa shape index (κ1) is 15.9. The first-order chi connectivity index (χ1) is 12.2. The normalized spacial score (nSPS) is 16.4. The van der Waals surface area contributed by atoms with Crippen LogP contribution in [0.2, 0.25) is 0 Å². The Bertz CT molecular complexity index is 922. The van der Waals surface area contributed by atoms with Gasteiger partial charge in [0.15, 0.2) is 0 Å². The maximum Gasteiger partial charge on any atom is 0.268 e. The summed E-state index contributed by atoms with van der Waals surface area (Å²) >= 11 is 0. The molecule has 1 saturated heterocycles. The van der Waals surface area contributed by atoms with E-state index in [-0.39, 0.29) is 11.7 Å². The van der Waals surface area contributed by atoms with Crippen LogP contribution in [0, 0.1) is 0 Å². The Kier molecular flexibility index (Phi) is 4.28. The van der Waals surface area contributed by atoms with Crippen molar-refractivity contribution >= 4 is 10.9 Å². The molecule has 0 radical (unpaired) electrons. The maximum atomic E-state index is 11.7. The van der Waals surface area contributed by atoms with E-state index in [0.29, 0.717) is 0 Å². The molecule has 0 saturated carbocycles. The predicted octanol–water partition coefficient (Wildman–Crippen LogP) is 2.30. The van der Waals surface area contributed by atoms with Crippen molar-refractivity contribution in [3.63, 3.8) is 0 Å². The van der Waals surface area contributed by atoms with Crippen LogP contribution in [0.15, 0.2) is 47.7 Å². The van der Waals surface area contributed by atoms with Gasteiger partial charge in [0.2, 0.25) is 0 Å². The highest BCUT2D eigenvalue weighted by molar-refractivity contribution is 5.85. The van der Waals surface area contributed by atoms with Gasteiger partial charge < -0.3 is 14.3 Å². The molecule has 2 aromatic heterocycles. The van der Waals surface area contributed by atoms with Crippen molar-refractivity contribution in [1.29, 1.82) is 0 Å². The number of aromatic nitrogens is 3. The van der Waals surface area contributed by atoms with Crippen LogP contribution in [-0.4, -0.2) is 38.6 Å². The summed E-state index contributed by atoms with van der Waals surface area (Å²) in [6, 6.07) is 8.17. The quantitative estimate of drug-likeness (QED) is 0.793. The molecule has 1 aliphatic rings. The second-order valence-electron chi connectivity index (χ2n) is 6.58. The monoisotopic (exact) mass is 338 g/mol. The zero-order valence-corrected chi connectivity index (χ0v) is 14.3. The Balaban J connectivity index is 1.38. The van der Waals surface area contributed by atoms with Crippen LogP contribution in [-0.2, 0) is 13.6 Å². The average Bonchev–Trinajstić information content (AvgIpc) is 3.10. The van der Waals surface area contributed by atoms with Gasteiger partial charge in [-0.3, -0.25) is 14.7 Å². The van der Waals surface area contributed by atoms with Crippen molar-refractivity contribution < 1.29 is 4.74 Å². The fourth-order valence-corrected chi connectivity index (χ4v) is 3.40. The minimum Gasteiger partial charge on any atom is -0.490 e. The van der Waals surface area contributed by atoms with E-state index in [0.717, 1.165) is 54.8 Å². The molecule has 0 bridgehead atoms. The van der Waals surface area contributed by atoms with Crippen LogP contribution in [0.3, 0.4) is 0 Å². The van der Waals surface area contributed by atoms with Crippen LogP contribution in [0.25, 0.3) is 10.9 Å². The third kappa shape index (κ3) is 3.30. The van der Waals surface area contributed by atoms with E-state index in [1.165, 1.54) is 6.20 Å². The highest BCUT2D eigenvalue weighted by atomic mass is 16.5. The molecule has 0 spiro atoms. The summed E-state index contributed by atoms with van der Waals surface area (Å²) in [6.45, 7) is 2.66. The first-order valence-electron chi connectivity index (χ1n) is 8.66. The molecule has 1 aliphatic heterocycles. The summed E-state index contributed by atoms with van der Waals surface area (Å²) in [6.07, 6.45) is 7.26. The number of rotatable bonds is 4. The van der Waals surface area contributed by atoms with Gasteiger partial charge in [-0.15, -0.1) is 0 Å². The molecule has 0 aliphatic carbocycles. The van der Waals surface area contributed by atoms with Gasteiger partial charge in [0.1, 0.15) is 11.9 Å². The predicted molar refractivity (Wildman–Crippen MR) is 96.7 cm³/mol. The molecule has 1 fully saturated rings. The number of piperidine rings is 1. The number of aromatic amines is 1. The highest BCUT2D eigenvalue weighted by Gasteiger charge is 2.22. The molecule has 1 N–H and O–H groups in total. The molecule has 3 aromatic rings. The van der Waals surface area contributed by atoms with Crippen molar-refractivity contribution in [3.8, 4) is 5.75 Å². The van der Waals surface area contributed by atoms with Crippen molar-refractivity contribution in [2.24, 2.45) is 7.05 Å². The molecule has 6 nitrogen and oxygen atoms in total. The number of nitrogens with zero attached hydrogens (tertiary/aromatic N) is 3. The molecule has 0 amide bonds. The molecule has 4 rings (SSSR count). The van der Waals surface area contributed by atoms with Gasteiger partial charge in [-0.1, -0.05) is 6.07 Å². The Labute approximate surface area is 146 Å². The molecule has 3 heterocycles. The van der Waals surface area contributed by atoms with Gasteiger partial charge in [0.25, 0.3) is 5.56 Å². The van der Waals surface area contributed by atoms with Crippen molar-refractivity contribution in [1.82, 2.24) is 19.4 Å². The third-order valence-electron chi connectivity index (χ3n) is 4.94. The SMILES string of the molecule is Cn1c(CN2CCC(Oc3cccc4[nH]ccc34)CC2)cncc1=O. The number of nitrogens with one attached hydrogen (secondary N) is 1. The van der Waals surface area contributed by atoms with Gasteiger partial charge >= 0.3 is 0 Å². The van der Waals surface area contributed by atoms with Crippen LogP contribution < -0.4 is 10.3 Å². The van der Waals surface area contributed by atoms with E-state index in [9.17, 15) is 4.79 Å². The van der Waals surface area contributed by atoms with E-state index in [1.807, 2.05) is 18.3 Å². The van der Waals surface area contributed by atoms with E-state index in [1.54, 1.807) is 17.8 Å². The molecule has 0 unspecified atom stereocenters. The second kappa shape index (κ2) is 6.72. The van der Waals surface area contributed by atoms with E-state index >= 15 is 0 Å². The first-order valence-corrected chi connectivity index (χ1v) is 8.66. The van der Waals surface area contributed by atoms with Crippen molar-refractivity contribution in [3.05, 3.63) is 58.9 Å². The average molecular weight is 338 g/mol. The topological polar surface area (TPSA) is 63.1 Å². The van der Waals surface area contributed by atoms with Gasteiger partial charge in [-0.2, -0.15) is 0 Å². The number of H-pyrrole nitrogens is 1. The van der Waals surface area contributed by atoms with Gasteiger partial charge in [0, 0.05) is 50.0 Å². The highest BCUT2D eigenvalue weighted by Crippen LogP contribution is 2.27. The smallest absolute Gasteiger partial charge is 0.268 e. The molecule has 1 aromatic carbocycles. The number of hydrogen-bond donors (Lipinski definition) is 1. The third-order valence-corrected chi connectivity index (χ3v) is 4.94. The zero-order chi connectivity index (χ0) is 17.2. The molecule has 25 heavy (non-hydrogen) atoms. The molecular formula is C19H22N4O2. The van der Waals surface area contributed by atoms with Crippen LogP contribution >= 0.6 is 0 Å². The van der Waals surface area contributed by atoms with Crippen LogP contribution in [0.4, 0.5) is 0 Å². The Morgan fingerprint density at radius 1 is 1.24 bits per heavy atom. The minimum absolute atomic E-state index is 0.0599. The maximum absolute atomic E-state index is 11.7. The number of ether oxygens (including phenoxy) is 1. The number of fused-ring (bicyclic) bond motifs is 1. The van der Waals surface area contributed by atoms with Gasteiger partial charge in [0.05, 0.1) is 11.9 Å². The summed E-state index contributed by atoms with van der Waals surface area (Å²) in [5.74, 6) is 0.951. The number of likely N-dealkylation sites (tertiary alicyclic amines) is 1. The fourth-order valence-electron chi connectivity index (χ4n) is 3.40. The summed E-state index contributed by atoms with van der Waals surface area (Å²) in [5, 5.41) is 1.13. The van der Waals surface area contributed by atoms with E-state index in [4.69, 9.17) is 4.74 Å². The van der Waals surface area contributed by atoms with Gasteiger partial charge in [-0.25, -0.2) is 0 Å². The van der Waals surface area contributed by atoms with Crippen molar-refractivity contribution in [2.45, 2.75) is 25.5 Å². The molecular weight excluding hydrogens is 316 g/mol. The largest absolute Gasteiger partial charge is 0.490 e. The second-order valence-corrected chi connectivity index (χ2v) is 6.58. The lowest BCUT2D eigenvalue weighted by atomic mass is 10.1. The summed E-state index contributed by atoms with van der Waals surface area (Å²) in [7, 11) is 1.80. The Morgan fingerprint density at radius 3 is 2.92 bits per heavy atom. The summed E-state index contributed by atoms with van der Waals surface area (Å²) in [4.78, 5) is 21.3. The van der Waals surface area contributed by atoms with Gasteiger partial charge in [-0.05, 0) is 31.0 Å². The molecule has 0 atom stereocenters. The number of hydrogen-bond acceptors (Lipinski definition) is 4. The van der Waals surface area contributed by atoms with Crippen molar-refractivity contribution in [2.75, 3.05) is 13.1 Å². The Hall–Kier alpha value is -2.60. The lowest BCUT2D eigenvalue weighted by Crippen LogP contribution is -2.39. The zero-order valence-electron chi connectivity index (χ0n) is 14.3. The summed E-state index contributed by atoms with van der Waals surface area (Å²) in [5.41, 5.74) is 1.99. The van der Waals surface area contributed by atoms with E-state index in [2.05, 4.69) is 27.0 Å². The number of benzene rings is 1. The fraction of sp³-hybridized carbons (Fsp3) is 0.368. The lowest BCUT2D eigenvalue weighted by Gasteiger charge is -2.32.